The molecule has 1 aromatic heterocycles. The van der Waals surface area contributed by atoms with Gasteiger partial charge in [0, 0.05) is 44.6 Å². The highest BCUT2D eigenvalue weighted by Gasteiger charge is 2.12. The van der Waals surface area contributed by atoms with Gasteiger partial charge in [0.1, 0.15) is 0 Å². The fourth-order valence-corrected chi connectivity index (χ4v) is 6.29. The number of hydrogen-bond acceptors (Lipinski definition) is 4. The van der Waals surface area contributed by atoms with Gasteiger partial charge in [-0.2, -0.15) is 0 Å². The van der Waals surface area contributed by atoms with E-state index in [2.05, 4.69) is 91.5 Å². The standard InChI is InChI=1S/C48H84N2O2/c1-4-6-8-10-12-14-16-18-20-22-24-26-28-30-32-36-44-51-46-48(40-43-50(3)42-39-47-38-34-35-41-49-47)52-45-37-33-31-29-27-25-23-21-19-17-15-13-11-9-7-5-2/h12-15,18-21,34-35,38,41,48H,4-11,16-17,22-33,36-37,39-40,42-46H2,1-3H3. The zero-order chi connectivity index (χ0) is 37.3. The summed E-state index contributed by atoms with van der Waals surface area (Å²) in [6.07, 6.45) is 53.4. The van der Waals surface area contributed by atoms with Crippen LogP contribution in [0.1, 0.15) is 180 Å². The minimum Gasteiger partial charge on any atom is -0.379 e. The van der Waals surface area contributed by atoms with Crippen LogP contribution in [0.2, 0.25) is 0 Å². The van der Waals surface area contributed by atoms with Crippen molar-refractivity contribution in [2.24, 2.45) is 0 Å². The average Bonchev–Trinajstić information content (AvgIpc) is 3.16. The van der Waals surface area contributed by atoms with Crippen molar-refractivity contribution in [1.29, 1.82) is 0 Å². The van der Waals surface area contributed by atoms with Crippen LogP contribution in [-0.4, -0.2) is 55.9 Å². The SMILES string of the molecule is CCCCCC=CCC=CCCCCCCCCOCC(CCN(C)CCc1ccccn1)OCCCCCCCCC=CCC=CCCCCC. The van der Waals surface area contributed by atoms with Gasteiger partial charge in [0.2, 0.25) is 0 Å². The summed E-state index contributed by atoms with van der Waals surface area (Å²) in [5, 5.41) is 0. The van der Waals surface area contributed by atoms with Crippen LogP contribution < -0.4 is 0 Å². The highest BCUT2D eigenvalue weighted by atomic mass is 16.5. The van der Waals surface area contributed by atoms with Crippen LogP contribution in [0, 0.1) is 0 Å². The summed E-state index contributed by atoms with van der Waals surface area (Å²) in [4.78, 5) is 6.89. The Hall–Kier alpha value is -2.01. The molecule has 4 heteroatoms. The number of unbranched alkanes of at least 4 members (excludes halogenated alkanes) is 18. The van der Waals surface area contributed by atoms with Crippen LogP contribution in [0.25, 0.3) is 0 Å². The fourth-order valence-electron chi connectivity index (χ4n) is 6.29. The third kappa shape index (κ3) is 35.0. The lowest BCUT2D eigenvalue weighted by atomic mass is 10.1. The Bertz CT molecular complexity index is 956. The van der Waals surface area contributed by atoms with E-state index in [4.69, 9.17) is 9.47 Å². The molecule has 298 valence electrons. The molecule has 1 aromatic rings. The molecule has 0 saturated carbocycles. The summed E-state index contributed by atoms with van der Waals surface area (Å²) in [6.45, 7) is 9.00. The van der Waals surface area contributed by atoms with Crippen molar-refractivity contribution in [3.8, 4) is 0 Å². The lowest BCUT2D eigenvalue weighted by molar-refractivity contribution is -0.0254. The van der Waals surface area contributed by atoms with Crippen molar-refractivity contribution < 1.29 is 9.47 Å². The molecule has 1 rings (SSSR count). The van der Waals surface area contributed by atoms with Crippen LogP contribution in [0.3, 0.4) is 0 Å². The van der Waals surface area contributed by atoms with Gasteiger partial charge in [-0.3, -0.25) is 4.98 Å². The quantitative estimate of drug-likeness (QED) is 0.0501. The summed E-state index contributed by atoms with van der Waals surface area (Å²) in [7, 11) is 2.22. The number of allylic oxidation sites excluding steroid dienone is 8. The van der Waals surface area contributed by atoms with Crippen molar-refractivity contribution in [1.82, 2.24) is 9.88 Å². The van der Waals surface area contributed by atoms with Crippen molar-refractivity contribution in [2.45, 2.75) is 187 Å². The summed E-state index contributed by atoms with van der Waals surface area (Å²) < 4.78 is 12.6. The molecular formula is C48H84N2O2. The molecule has 0 bridgehead atoms. The lowest BCUT2D eigenvalue weighted by Gasteiger charge is -2.22. The van der Waals surface area contributed by atoms with Gasteiger partial charge in [0.15, 0.2) is 0 Å². The van der Waals surface area contributed by atoms with Crippen LogP contribution in [0.4, 0.5) is 0 Å². The lowest BCUT2D eigenvalue weighted by Crippen LogP contribution is -2.29. The molecule has 1 heterocycles. The number of rotatable bonds is 39. The van der Waals surface area contributed by atoms with E-state index in [1.54, 1.807) is 0 Å². The molecule has 1 unspecified atom stereocenters. The molecule has 4 nitrogen and oxygen atoms in total. The van der Waals surface area contributed by atoms with Crippen molar-refractivity contribution in [3.05, 3.63) is 78.7 Å². The molecule has 0 spiro atoms. The van der Waals surface area contributed by atoms with E-state index in [9.17, 15) is 0 Å². The molecule has 0 amide bonds. The predicted octanol–water partition coefficient (Wildman–Crippen LogP) is 14.0. The first-order valence-corrected chi connectivity index (χ1v) is 22.1. The van der Waals surface area contributed by atoms with Crippen molar-refractivity contribution in [3.63, 3.8) is 0 Å². The first-order valence-electron chi connectivity index (χ1n) is 22.1. The second-order valence-electron chi connectivity index (χ2n) is 14.9. The van der Waals surface area contributed by atoms with Gasteiger partial charge < -0.3 is 14.4 Å². The van der Waals surface area contributed by atoms with Gasteiger partial charge in [0.05, 0.1) is 12.7 Å². The summed E-state index contributed by atoms with van der Waals surface area (Å²) in [5.41, 5.74) is 1.16. The molecule has 0 fully saturated rings. The number of ether oxygens (including phenoxy) is 2. The largest absolute Gasteiger partial charge is 0.379 e. The molecule has 0 N–H and O–H groups in total. The summed E-state index contributed by atoms with van der Waals surface area (Å²) >= 11 is 0. The molecule has 0 aliphatic carbocycles. The molecule has 52 heavy (non-hydrogen) atoms. The molecule has 1 atom stereocenters. The zero-order valence-electron chi connectivity index (χ0n) is 34.6. The van der Waals surface area contributed by atoms with Crippen LogP contribution in [-0.2, 0) is 15.9 Å². The summed E-state index contributed by atoms with van der Waals surface area (Å²) in [5.74, 6) is 0. The summed E-state index contributed by atoms with van der Waals surface area (Å²) in [6, 6.07) is 6.18. The van der Waals surface area contributed by atoms with Crippen molar-refractivity contribution >= 4 is 0 Å². The number of likely N-dealkylation sites (N-methyl/N-ethyl adjacent to an activating group) is 1. The topological polar surface area (TPSA) is 34.6 Å². The second-order valence-corrected chi connectivity index (χ2v) is 14.9. The molecule has 0 aromatic carbocycles. The third-order valence-corrected chi connectivity index (χ3v) is 9.80. The van der Waals surface area contributed by atoms with Crippen LogP contribution >= 0.6 is 0 Å². The molecule has 0 aliphatic heterocycles. The van der Waals surface area contributed by atoms with Gasteiger partial charge in [-0.05, 0) is 103 Å². The average molecular weight is 721 g/mol. The number of hydrogen-bond donors (Lipinski definition) is 0. The predicted molar refractivity (Wildman–Crippen MR) is 229 cm³/mol. The fraction of sp³-hybridized carbons (Fsp3) is 0.729. The van der Waals surface area contributed by atoms with Crippen LogP contribution in [0.15, 0.2) is 73.0 Å². The molecule has 0 aliphatic rings. The Morgan fingerprint density at radius 2 is 1.08 bits per heavy atom. The highest BCUT2D eigenvalue weighted by molar-refractivity contribution is 5.03. The Morgan fingerprint density at radius 1 is 0.577 bits per heavy atom. The minimum absolute atomic E-state index is 0.180. The Morgan fingerprint density at radius 3 is 1.60 bits per heavy atom. The van der Waals surface area contributed by atoms with E-state index in [1.807, 2.05) is 12.3 Å². The number of aromatic nitrogens is 1. The van der Waals surface area contributed by atoms with Gasteiger partial charge in [-0.15, -0.1) is 0 Å². The zero-order valence-corrected chi connectivity index (χ0v) is 34.6. The normalized spacial score (nSPS) is 12.9. The van der Waals surface area contributed by atoms with Gasteiger partial charge in [-0.1, -0.05) is 146 Å². The highest BCUT2D eigenvalue weighted by Crippen LogP contribution is 2.12. The minimum atomic E-state index is 0.180. The van der Waals surface area contributed by atoms with Gasteiger partial charge in [-0.25, -0.2) is 0 Å². The van der Waals surface area contributed by atoms with E-state index in [-0.39, 0.29) is 6.10 Å². The van der Waals surface area contributed by atoms with Crippen molar-refractivity contribution in [2.75, 3.05) is 40.0 Å². The van der Waals surface area contributed by atoms with Crippen LogP contribution in [0.5, 0.6) is 0 Å². The van der Waals surface area contributed by atoms with E-state index < -0.39 is 0 Å². The van der Waals surface area contributed by atoms with E-state index in [0.717, 1.165) is 77.1 Å². The second kappa shape index (κ2) is 40.2. The molecule has 0 radical (unpaired) electrons. The Labute approximate surface area is 324 Å². The Balaban J connectivity index is 2.15. The third-order valence-electron chi connectivity index (χ3n) is 9.80. The molecule has 0 saturated heterocycles. The first kappa shape index (κ1) is 48.0. The maximum Gasteiger partial charge on any atom is 0.0820 e. The van der Waals surface area contributed by atoms with E-state index >= 15 is 0 Å². The van der Waals surface area contributed by atoms with Gasteiger partial charge >= 0.3 is 0 Å². The molecular weight excluding hydrogens is 637 g/mol. The Kier molecular flexibility index (Phi) is 37.1. The number of nitrogens with zero attached hydrogens (tertiary/aromatic N) is 2. The maximum atomic E-state index is 6.42. The monoisotopic (exact) mass is 721 g/mol. The smallest absolute Gasteiger partial charge is 0.0820 e. The van der Waals surface area contributed by atoms with Gasteiger partial charge in [0.25, 0.3) is 0 Å². The maximum absolute atomic E-state index is 6.42. The first-order chi connectivity index (χ1) is 25.8. The number of pyridine rings is 1. The van der Waals surface area contributed by atoms with E-state index in [1.165, 1.54) is 128 Å². The van der Waals surface area contributed by atoms with E-state index in [0.29, 0.717) is 0 Å².